The number of anilines is 3. The zero-order valence-corrected chi connectivity index (χ0v) is 28.4. The van der Waals surface area contributed by atoms with E-state index in [0.717, 1.165) is 22.7 Å². The molecule has 9 aromatic rings. The van der Waals surface area contributed by atoms with Crippen LogP contribution in [0.25, 0.3) is 60.9 Å². The van der Waals surface area contributed by atoms with Gasteiger partial charge < -0.3 is 9.47 Å². The molecule has 0 atom stereocenters. The van der Waals surface area contributed by atoms with E-state index in [1.54, 1.807) is 0 Å². The van der Waals surface area contributed by atoms with E-state index in [2.05, 4.69) is 217 Å². The Labute approximate surface area is 299 Å². The summed E-state index contributed by atoms with van der Waals surface area (Å²) in [6.07, 6.45) is 0. The number of rotatable bonds is 7. The zero-order chi connectivity index (χ0) is 34.1. The van der Waals surface area contributed by atoms with Gasteiger partial charge in [0.1, 0.15) is 0 Å². The molecule has 51 heavy (non-hydrogen) atoms. The predicted molar refractivity (Wildman–Crippen MR) is 217 cm³/mol. The Kier molecular flexibility index (Phi) is 7.75. The summed E-state index contributed by atoms with van der Waals surface area (Å²) in [6.45, 7) is 2.15. The average Bonchev–Trinajstić information content (AvgIpc) is 3.53. The van der Waals surface area contributed by atoms with Crippen LogP contribution in [0, 0.1) is 6.92 Å². The lowest BCUT2D eigenvalue weighted by Gasteiger charge is -2.27. The first-order chi connectivity index (χ1) is 25.2. The smallest absolute Gasteiger partial charge is 0.0541 e. The van der Waals surface area contributed by atoms with Gasteiger partial charge in [-0.2, -0.15) is 0 Å². The number of hydrogen-bond donors (Lipinski definition) is 0. The maximum absolute atomic E-state index is 2.36. The molecule has 0 spiro atoms. The van der Waals surface area contributed by atoms with Crippen molar-refractivity contribution in [3.05, 3.63) is 206 Å². The molecule has 1 heterocycles. The van der Waals surface area contributed by atoms with E-state index in [1.807, 2.05) is 0 Å². The minimum atomic E-state index is 1.10. The van der Waals surface area contributed by atoms with Crippen LogP contribution in [-0.2, 0) is 0 Å². The van der Waals surface area contributed by atoms with Crippen molar-refractivity contribution < 1.29 is 0 Å². The first-order valence-electron chi connectivity index (χ1n) is 17.5. The molecule has 0 fully saturated rings. The Hall–Kier alpha value is -6.64. The van der Waals surface area contributed by atoms with Crippen LogP contribution in [0.15, 0.2) is 200 Å². The van der Waals surface area contributed by atoms with E-state index in [0.29, 0.717) is 0 Å². The third-order valence-corrected chi connectivity index (χ3v) is 9.83. The van der Waals surface area contributed by atoms with E-state index in [-0.39, 0.29) is 0 Å². The first-order valence-corrected chi connectivity index (χ1v) is 17.5. The Morgan fingerprint density at radius 3 is 1.37 bits per heavy atom. The van der Waals surface area contributed by atoms with Crippen LogP contribution >= 0.6 is 0 Å². The molecule has 2 heteroatoms. The highest BCUT2D eigenvalue weighted by Crippen LogP contribution is 2.39. The molecular weight excluding hydrogens is 617 g/mol. The molecule has 0 radical (unpaired) electrons. The molecule has 0 saturated heterocycles. The topological polar surface area (TPSA) is 8.17 Å². The second-order valence-corrected chi connectivity index (χ2v) is 13.1. The maximum atomic E-state index is 2.36. The number of nitrogens with zero attached hydrogens (tertiary/aromatic N) is 2. The van der Waals surface area contributed by atoms with Crippen LogP contribution in [0.4, 0.5) is 17.1 Å². The lowest BCUT2D eigenvalue weighted by atomic mass is 10.0. The fourth-order valence-corrected chi connectivity index (χ4v) is 7.36. The second kappa shape index (κ2) is 13.0. The van der Waals surface area contributed by atoms with Crippen molar-refractivity contribution in [2.45, 2.75) is 6.92 Å². The fraction of sp³-hybridized carbons (Fsp3) is 0.0204. The highest BCUT2D eigenvalue weighted by Gasteiger charge is 2.16. The van der Waals surface area contributed by atoms with Crippen LogP contribution < -0.4 is 4.90 Å². The molecular formula is C49H36N2. The van der Waals surface area contributed by atoms with Gasteiger partial charge in [-0.25, -0.2) is 0 Å². The Bertz CT molecular complexity index is 2580. The SMILES string of the molecule is Cc1cccc(-c2cccc(N(c3ccc(-c4ccc(-n5c6ccccc6c6ccccc65)cc4)cc3)c3cccc(-c4ccccc4)c3)c2)c1. The summed E-state index contributed by atoms with van der Waals surface area (Å²) in [4.78, 5) is 2.36. The highest BCUT2D eigenvalue weighted by atomic mass is 15.1. The number of para-hydroxylation sites is 2. The summed E-state index contributed by atoms with van der Waals surface area (Å²) in [6, 6.07) is 72.2. The van der Waals surface area contributed by atoms with Gasteiger partial charge in [0.2, 0.25) is 0 Å². The van der Waals surface area contributed by atoms with Crippen molar-refractivity contribution in [2.75, 3.05) is 4.90 Å². The van der Waals surface area contributed by atoms with E-state index in [9.17, 15) is 0 Å². The van der Waals surface area contributed by atoms with Crippen molar-refractivity contribution in [2.24, 2.45) is 0 Å². The molecule has 242 valence electrons. The van der Waals surface area contributed by atoms with Gasteiger partial charge in [0, 0.05) is 33.5 Å². The summed E-state index contributed by atoms with van der Waals surface area (Å²) < 4.78 is 2.36. The van der Waals surface area contributed by atoms with Gasteiger partial charge in [0.25, 0.3) is 0 Å². The van der Waals surface area contributed by atoms with Gasteiger partial charge in [-0.05, 0) is 101 Å². The third-order valence-electron chi connectivity index (χ3n) is 9.83. The van der Waals surface area contributed by atoms with Crippen molar-refractivity contribution in [1.82, 2.24) is 4.57 Å². The molecule has 0 N–H and O–H groups in total. The lowest BCUT2D eigenvalue weighted by Crippen LogP contribution is -2.10. The first kappa shape index (κ1) is 30.4. The van der Waals surface area contributed by atoms with Crippen molar-refractivity contribution in [1.29, 1.82) is 0 Å². The van der Waals surface area contributed by atoms with Gasteiger partial charge in [-0.15, -0.1) is 0 Å². The maximum Gasteiger partial charge on any atom is 0.0541 e. The molecule has 0 aliphatic rings. The fourth-order valence-electron chi connectivity index (χ4n) is 7.36. The molecule has 0 saturated carbocycles. The van der Waals surface area contributed by atoms with Gasteiger partial charge in [0.15, 0.2) is 0 Å². The van der Waals surface area contributed by atoms with Gasteiger partial charge >= 0.3 is 0 Å². The van der Waals surface area contributed by atoms with Crippen LogP contribution in [0.2, 0.25) is 0 Å². The van der Waals surface area contributed by atoms with Crippen LogP contribution in [0.1, 0.15) is 5.56 Å². The van der Waals surface area contributed by atoms with E-state index < -0.39 is 0 Å². The molecule has 0 amide bonds. The minimum absolute atomic E-state index is 1.10. The molecule has 0 aliphatic carbocycles. The highest BCUT2D eigenvalue weighted by molar-refractivity contribution is 6.09. The summed E-state index contributed by atoms with van der Waals surface area (Å²) in [7, 11) is 0. The van der Waals surface area contributed by atoms with E-state index in [1.165, 1.54) is 60.8 Å². The van der Waals surface area contributed by atoms with Crippen LogP contribution in [0.3, 0.4) is 0 Å². The monoisotopic (exact) mass is 652 g/mol. The van der Waals surface area contributed by atoms with E-state index in [4.69, 9.17) is 0 Å². The van der Waals surface area contributed by atoms with Crippen LogP contribution in [0.5, 0.6) is 0 Å². The molecule has 2 nitrogen and oxygen atoms in total. The number of benzene rings is 8. The summed E-state index contributed by atoms with van der Waals surface area (Å²) in [5.74, 6) is 0. The zero-order valence-electron chi connectivity index (χ0n) is 28.4. The third kappa shape index (κ3) is 5.77. The number of fused-ring (bicyclic) bond motifs is 3. The van der Waals surface area contributed by atoms with Crippen molar-refractivity contribution in [3.63, 3.8) is 0 Å². The summed E-state index contributed by atoms with van der Waals surface area (Å²) in [5.41, 5.74) is 15.3. The second-order valence-electron chi connectivity index (χ2n) is 13.1. The quantitative estimate of drug-likeness (QED) is 0.166. The molecule has 8 aromatic carbocycles. The van der Waals surface area contributed by atoms with Gasteiger partial charge in [-0.1, -0.05) is 145 Å². The summed E-state index contributed by atoms with van der Waals surface area (Å²) in [5, 5.41) is 2.55. The lowest BCUT2D eigenvalue weighted by molar-refractivity contribution is 1.18. The Balaban J connectivity index is 1.09. The number of hydrogen-bond acceptors (Lipinski definition) is 1. The molecule has 0 unspecified atom stereocenters. The molecule has 9 rings (SSSR count). The minimum Gasteiger partial charge on any atom is -0.310 e. The van der Waals surface area contributed by atoms with E-state index >= 15 is 0 Å². The molecule has 1 aromatic heterocycles. The van der Waals surface area contributed by atoms with Gasteiger partial charge in [-0.3, -0.25) is 0 Å². The predicted octanol–water partition coefficient (Wildman–Crippen LogP) is 13.6. The standard InChI is InChI=1S/C49H36N2/c1-35-12-9-15-39(32-35)41-17-11-19-45(34-41)50(44-18-10-16-40(33-44)36-13-3-2-4-14-36)42-28-24-37(25-29-42)38-26-30-43(31-27-38)51-48-22-7-5-20-46(48)47-21-6-8-23-49(47)51/h2-34H,1H3. The molecule has 0 aliphatic heterocycles. The van der Waals surface area contributed by atoms with Crippen molar-refractivity contribution in [3.8, 4) is 39.1 Å². The van der Waals surface area contributed by atoms with Gasteiger partial charge in [0.05, 0.1) is 11.0 Å². The Morgan fingerprint density at radius 2 is 0.784 bits per heavy atom. The van der Waals surface area contributed by atoms with Crippen molar-refractivity contribution >= 4 is 38.9 Å². The van der Waals surface area contributed by atoms with Crippen LogP contribution in [-0.4, -0.2) is 4.57 Å². The Morgan fingerprint density at radius 1 is 0.333 bits per heavy atom. The normalized spacial score (nSPS) is 11.2. The average molecular weight is 653 g/mol. The largest absolute Gasteiger partial charge is 0.310 e. The molecule has 0 bridgehead atoms. The number of aryl methyl sites for hydroxylation is 1. The number of aromatic nitrogens is 1. The summed E-state index contributed by atoms with van der Waals surface area (Å²) >= 11 is 0.